The molecule has 122 valence electrons. The molecule has 3 aliphatic rings. The summed E-state index contributed by atoms with van der Waals surface area (Å²) in [6.45, 7) is 12.3. The first-order valence-electron chi connectivity index (χ1n) is 7.67. The van der Waals surface area contributed by atoms with Gasteiger partial charge in [0, 0.05) is 5.57 Å². The highest BCUT2D eigenvalue weighted by atomic mass is 16.8. The quantitative estimate of drug-likeness (QED) is 0.745. The Hall–Kier alpha value is -1.33. The van der Waals surface area contributed by atoms with E-state index in [1.807, 2.05) is 41.5 Å². The van der Waals surface area contributed by atoms with Gasteiger partial charge in [0.25, 0.3) is 5.79 Å². The van der Waals surface area contributed by atoms with Crippen molar-refractivity contribution in [1.29, 1.82) is 0 Å². The van der Waals surface area contributed by atoms with Gasteiger partial charge in [-0.1, -0.05) is 41.5 Å². The first-order valence-corrected chi connectivity index (χ1v) is 7.67. The van der Waals surface area contributed by atoms with Crippen molar-refractivity contribution in [2.45, 2.75) is 53.4 Å². The van der Waals surface area contributed by atoms with Gasteiger partial charge in [-0.25, -0.2) is 0 Å². The lowest BCUT2D eigenvalue weighted by Crippen LogP contribution is -2.51. The second-order valence-corrected chi connectivity index (χ2v) is 8.24. The molecule has 0 aromatic rings. The summed E-state index contributed by atoms with van der Waals surface area (Å²) < 4.78 is 18.0. The molecular formula is C17H24O5. The summed E-state index contributed by atoms with van der Waals surface area (Å²) in [4.78, 5) is 12.8. The number of fused-ring (bicyclic) bond motifs is 1. The van der Waals surface area contributed by atoms with E-state index in [-0.39, 0.29) is 11.9 Å². The van der Waals surface area contributed by atoms with Crippen molar-refractivity contribution in [3.05, 3.63) is 22.7 Å². The van der Waals surface area contributed by atoms with E-state index in [1.165, 1.54) is 0 Å². The normalized spacial score (nSPS) is 32.3. The molecule has 22 heavy (non-hydrogen) atoms. The molecule has 1 aliphatic carbocycles. The Bertz CT molecular complexity index is 600. The molecule has 0 radical (unpaired) electrons. The predicted octanol–water partition coefficient (Wildman–Crippen LogP) is 2.87. The molecule has 0 aromatic heterocycles. The Labute approximate surface area is 130 Å². The molecule has 2 saturated heterocycles. The van der Waals surface area contributed by atoms with Crippen LogP contribution in [0.4, 0.5) is 0 Å². The van der Waals surface area contributed by atoms with Gasteiger partial charge in [0.15, 0.2) is 11.5 Å². The molecule has 2 atom stereocenters. The second-order valence-electron chi connectivity index (χ2n) is 8.24. The maximum Gasteiger partial charge on any atom is 0.256 e. The maximum absolute atomic E-state index is 12.8. The van der Waals surface area contributed by atoms with Crippen LogP contribution in [-0.4, -0.2) is 36.0 Å². The molecule has 0 saturated carbocycles. The van der Waals surface area contributed by atoms with Crippen LogP contribution >= 0.6 is 0 Å². The van der Waals surface area contributed by atoms with Crippen molar-refractivity contribution in [3.63, 3.8) is 0 Å². The van der Waals surface area contributed by atoms with E-state index in [1.54, 1.807) is 0 Å². The smallest absolute Gasteiger partial charge is 0.256 e. The maximum atomic E-state index is 12.8. The number of carbonyl (C=O) groups is 1. The van der Waals surface area contributed by atoms with Crippen molar-refractivity contribution >= 4 is 5.78 Å². The Morgan fingerprint density at radius 3 is 2.27 bits per heavy atom. The van der Waals surface area contributed by atoms with E-state index < -0.39 is 22.4 Å². The van der Waals surface area contributed by atoms with Crippen LogP contribution in [0.15, 0.2) is 22.7 Å². The minimum Gasteiger partial charge on any atom is -0.504 e. The molecule has 2 bridgehead atoms. The van der Waals surface area contributed by atoms with Crippen molar-refractivity contribution < 1.29 is 24.1 Å². The van der Waals surface area contributed by atoms with E-state index in [0.29, 0.717) is 30.1 Å². The lowest BCUT2D eigenvalue weighted by molar-refractivity contribution is -0.187. The molecular weight excluding hydrogens is 284 g/mol. The zero-order valence-electron chi connectivity index (χ0n) is 14.1. The minimum atomic E-state index is -1.26. The number of aliphatic hydroxyl groups is 1. The monoisotopic (exact) mass is 308 g/mol. The van der Waals surface area contributed by atoms with Crippen LogP contribution in [0, 0.1) is 10.8 Å². The molecule has 0 amide bonds. The summed E-state index contributed by atoms with van der Waals surface area (Å²) in [6, 6.07) is 0. The first-order chi connectivity index (χ1) is 9.98. The van der Waals surface area contributed by atoms with Crippen molar-refractivity contribution in [2.24, 2.45) is 10.8 Å². The summed E-state index contributed by atoms with van der Waals surface area (Å²) >= 11 is 0. The van der Waals surface area contributed by atoms with E-state index in [2.05, 4.69) is 0 Å². The van der Waals surface area contributed by atoms with E-state index in [9.17, 15) is 9.90 Å². The summed E-state index contributed by atoms with van der Waals surface area (Å²) in [5.74, 6) is -1.51. The van der Waals surface area contributed by atoms with Crippen molar-refractivity contribution in [1.82, 2.24) is 0 Å². The number of carbonyl (C=O) groups excluding carboxylic acids is 1. The van der Waals surface area contributed by atoms with E-state index >= 15 is 0 Å². The number of allylic oxidation sites excluding steroid dienone is 1. The van der Waals surface area contributed by atoms with Gasteiger partial charge >= 0.3 is 0 Å². The summed E-state index contributed by atoms with van der Waals surface area (Å²) in [6.07, 6.45) is -0.177. The van der Waals surface area contributed by atoms with Crippen LogP contribution in [0.1, 0.15) is 41.5 Å². The van der Waals surface area contributed by atoms with E-state index in [0.717, 1.165) is 0 Å². The molecule has 2 heterocycles. The molecule has 2 aliphatic heterocycles. The highest BCUT2D eigenvalue weighted by Crippen LogP contribution is 2.54. The molecule has 1 N–H and O–H groups in total. The Kier molecular flexibility index (Phi) is 3.08. The van der Waals surface area contributed by atoms with Crippen LogP contribution in [-0.2, 0) is 19.0 Å². The molecule has 5 heteroatoms. The number of rotatable bonds is 0. The van der Waals surface area contributed by atoms with Gasteiger partial charge in [-0.15, -0.1) is 0 Å². The van der Waals surface area contributed by atoms with Crippen molar-refractivity contribution in [3.8, 4) is 0 Å². The third-order valence-electron chi connectivity index (χ3n) is 4.25. The minimum absolute atomic E-state index is 0.177. The first kappa shape index (κ1) is 15.6. The average molecular weight is 308 g/mol. The number of ether oxygens (including phenoxy) is 3. The third kappa shape index (κ3) is 1.95. The fourth-order valence-corrected chi connectivity index (χ4v) is 3.49. The third-order valence-corrected chi connectivity index (χ3v) is 4.25. The fourth-order valence-electron chi connectivity index (χ4n) is 3.49. The van der Waals surface area contributed by atoms with Crippen LogP contribution in [0.5, 0.6) is 0 Å². The van der Waals surface area contributed by atoms with Gasteiger partial charge in [0.05, 0.1) is 12.2 Å². The lowest BCUT2D eigenvalue weighted by Gasteiger charge is -2.45. The molecule has 1 spiro atoms. The second kappa shape index (κ2) is 4.36. The summed E-state index contributed by atoms with van der Waals surface area (Å²) in [5.41, 5.74) is -0.100. The van der Waals surface area contributed by atoms with Gasteiger partial charge in [0.1, 0.15) is 12.7 Å². The van der Waals surface area contributed by atoms with Gasteiger partial charge in [-0.2, -0.15) is 0 Å². The molecule has 5 nitrogen and oxygen atoms in total. The fraction of sp³-hybridized carbons (Fsp3) is 0.706. The Morgan fingerprint density at radius 2 is 1.73 bits per heavy atom. The molecule has 2 fully saturated rings. The van der Waals surface area contributed by atoms with E-state index in [4.69, 9.17) is 14.2 Å². The summed E-state index contributed by atoms with van der Waals surface area (Å²) in [5, 5.41) is 10.6. The Morgan fingerprint density at radius 1 is 1.09 bits per heavy atom. The number of ketones is 1. The summed E-state index contributed by atoms with van der Waals surface area (Å²) in [7, 11) is 0. The van der Waals surface area contributed by atoms with Crippen molar-refractivity contribution in [2.75, 3.05) is 13.2 Å². The van der Waals surface area contributed by atoms with Gasteiger partial charge < -0.3 is 19.3 Å². The molecule has 3 rings (SSSR count). The lowest BCUT2D eigenvalue weighted by atomic mass is 9.70. The van der Waals surface area contributed by atoms with Crippen LogP contribution in [0.25, 0.3) is 0 Å². The molecule has 0 aromatic carbocycles. The van der Waals surface area contributed by atoms with Gasteiger partial charge in [-0.3, -0.25) is 4.79 Å². The zero-order valence-corrected chi connectivity index (χ0v) is 14.1. The number of hydrogen-bond donors (Lipinski definition) is 1. The van der Waals surface area contributed by atoms with Crippen LogP contribution in [0.3, 0.4) is 0 Å². The number of Topliss-reactive ketones (excluding diaryl/α,β-unsaturated/α-hetero) is 1. The van der Waals surface area contributed by atoms with Gasteiger partial charge in [-0.05, 0) is 10.8 Å². The highest BCUT2D eigenvalue weighted by Gasteiger charge is 2.62. The topological polar surface area (TPSA) is 65.0 Å². The largest absolute Gasteiger partial charge is 0.504 e. The Balaban J connectivity index is 2.30. The predicted molar refractivity (Wildman–Crippen MR) is 80.1 cm³/mol. The zero-order chi connectivity index (χ0) is 16.5. The molecule has 0 unspecified atom stereocenters. The number of aliphatic hydroxyl groups excluding tert-OH is 1. The SMILES string of the molecule is CC(C)(C)C1=C2OC[C@@H]3CO[C@@]2(O3)C(C(C)(C)C)=C(O)C1=O. The van der Waals surface area contributed by atoms with Gasteiger partial charge in [0.2, 0.25) is 5.78 Å². The number of hydrogen-bond acceptors (Lipinski definition) is 5. The standard InChI is InChI=1S/C17H24O5/c1-15(2,3)10-11(18)12(19)13(16(4,5)6)17-14(10)20-7-9(22-17)8-21-17/h9,19H,7-8H2,1-6H3/t9-,17-/m1/s1. The average Bonchev–Trinajstić information content (AvgIpc) is 2.66. The van der Waals surface area contributed by atoms with Crippen LogP contribution in [0.2, 0.25) is 0 Å². The highest BCUT2D eigenvalue weighted by molar-refractivity contribution is 6.10. The van der Waals surface area contributed by atoms with Crippen LogP contribution < -0.4 is 0 Å².